The van der Waals surface area contributed by atoms with Crippen molar-refractivity contribution in [1.29, 1.82) is 0 Å². The minimum absolute atomic E-state index is 0.0270. The average Bonchev–Trinajstić information content (AvgIpc) is 2.36. The van der Waals surface area contributed by atoms with Crippen LogP contribution in [0.2, 0.25) is 0 Å². The van der Waals surface area contributed by atoms with Gasteiger partial charge >= 0.3 is 0 Å². The van der Waals surface area contributed by atoms with Gasteiger partial charge in [-0.05, 0) is 43.1 Å². The molecule has 5 nitrogen and oxygen atoms in total. The van der Waals surface area contributed by atoms with E-state index >= 15 is 0 Å². The molecule has 2 heterocycles. The lowest BCUT2D eigenvalue weighted by Crippen LogP contribution is -2.52. The number of sulfone groups is 1. The summed E-state index contributed by atoms with van der Waals surface area (Å²) in [6.45, 7) is 0.720. The summed E-state index contributed by atoms with van der Waals surface area (Å²) in [4.78, 5) is 0. The Morgan fingerprint density at radius 1 is 1.47 bits per heavy atom. The molecule has 2 saturated heterocycles. The van der Waals surface area contributed by atoms with Crippen LogP contribution >= 0.6 is 11.8 Å². The van der Waals surface area contributed by atoms with Gasteiger partial charge in [-0.1, -0.05) is 0 Å². The van der Waals surface area contributed by atoms with Crippen molar-refractivity contribution in [3.8, 4) is 0 Å². The lowest BCUT2D eigenvalue weighted by atomic mass is 9.79. The molecule has 0 bridgehead atoms. The highest BCUT2D eigenvalue weighted by Crippen LogP contribution is 2.40. The Labute approximate surface area is 119 Å². The van der Waals surface area contributed by atoms with Crippen molar-refractivity contribution < 1.29 is 13.2 Å². The van der Waals surface area contributed by atoms with Crippen LogP contribution in [0.5, 0.6) is 0 Å². The van der Waals surface area contributed by atoms with Crippen molar-refractivity contribution in [2.45, 2.75) is 37.3 Å². The number of ether oxygens (including phenoxy) is 1. The van der Waals surface area contributed by atoms with E-state index in [1.54, 1.807) is 0 Å². The molecule has 2 rings (SSSR count). The van der Waals surface area contributed by atoms with Gasteiger partial charge in [0.15, 0.2) is 0 Å². The number of nitrogens with two attached hydrogens (primary N) is 1. The van der Waals surface area contributed by atoms with Crippen molar-refractivity contribution in [2.24, 2.45) is 11.8 Å². The minimum atomic E-state index is -3.01. The van der Waals surface area contributed by atoms with Crippen molar-refractivity contribution in [1.82, 2.24) is 5.43 Å². The Morgan fingerprint density at radius 3 is 2.74 bits per heavy atom. The molecular weight excluding hydrogens is 284 g/mol. The fourth-order valence-corrected chi connectivity index (χ4v) is 5.40. The van der Waals surface area contributed by atoms with Gasteiger partial charge in [0.1, 0.15) is 9.84 Å². The molecule has 7 heteroatoms. The number of rotatable bonds is 4. The number of thioether (sulfide) groups is 1. The molecule has 0 aromatic heterocycles. The summed E-state index contributed by atoms with van der Waals surface area (Å²) in [5, 5.41) is 0. The Balaban J connectivity index is 2.02. The Hall–Kier alpha value is 0.180. The molecule has 3 N–H and O–H groups in total. The highest BCUT2D eigenvalue weighted by Gasteiger charge is 2.41. The zero-order valence-electron chi connectivity index (χ0n) is 11.4. The molecule has 1 spiro atoms. The van der Waals surface area contributed by atoms with Gasteiger partial charge in [-0.2, -0.15) is 11.8 Å². The van der Waals surface area contributed by atoms with E-state index in [0.717, 1.165) is 43.8 Å². The first-order chi connectivity index (χ1) is 8.94. The van der Waals surface area contributed by atoms with E-state index in [0.29, 0.717) is 0 Å². The first-order valence-corrected chi connectivity index (χ1v) is 10.0. The SMILES string of the molecule is CS(=O)(=O)CC(NN)C1CCOC2(CCSCC2)C1. The number of nitrogens with one attached hydrogen (secondary N) is 1. The molecule has 2 fully saturated rings. The molecule has 0 aromatic carbocycles. The zero-order valence-corrected chi connectivity index (χ0v) is 13.1. The van der Waals surface area contributed by atoms with E-state index in [1.165, 1.54) is 6.26 Å². The zero-order chi connectivity index (χ0) is 13.9. The topological polar surface area (TPSA) is 81.4 Å². The summed E-state index contributed by atoms with van der Waals surface area (Å²) >= 11 is 1.97. The quantitative estimate of drug-likeness (QED) is 0.583. The van der Waals surface area contributed by atoms with Crippen LogP contribution in [-0.4, -0.2) is 50.2 Å². The van der Waals surface area contributed by atoms with Crippen LogP contribution in [0.25, 0.3) is 0 Å². The maximum atomic E-state index is 11.5. The highest BCUT2D eigenvalue weighted by molar-refractivity contribution is 7.99. The Morgan fingerprint density at radius 2 is 2.16 bits per heavy atom. The van der Waals surface area contributed by atoms with Crippen LogP contribution in [0.1, 0.15) is 25.7 Å². The van der Waals surface area contributed by atoms with Gasteiger partial charge in [0.2, 0.25) is 0 Å². The molecule has 2 unspecified atom stereocenters. The van der Waals surface area contributed by atoms with Crippen molar-refractivity contribution in [3.63, 3.8) is 0 Å². The Kier molecular flexibility index (Phi) is 5.16. The minimum Gasteiger partial charge on any atom is -0.375 e. The summed E-state index contributed by atoms with van der Waals surface area (Å²) in [6, 6.07) is -0.162. The summed E-state index contributed by atoms with van der Waals surface area (Å²) in [5.41, 5.74) is 2.68. The van der Waals surface area contributed by atoms with Crippen molar-refractivity contribution in [3.05, 3.63) is 0 Å². The van der Waals surface area contributed by atoms with Crippen molar-refractivity contribution >= 4 is 21.6 Å². The monoisotopic (exact) mass is 308 g/mol. The average molecular weight is 308 g/mol. The number of hydrogen-bond donors (Lipinski definition) is 2. The predicted octanol–water partition coefficient (Wildman–Crippen LogP) is 0.555. The van der Waals surface area contributed by atoms with Gasteiger partial charge in [0.25, 0.3) is 0 Å². The van der Waals surface area contributed by atoms with E-state index in [-0.39, 0.29) is 23.3 Å². The second-order valence-electron chi connectivity index (χ2n) is 5.76. The molecule has 0 aliphatic carbocycles. The second-order valence-corrected chi connectivity index (χ2v) is 9.17. The van der Waals surface area contributed by atoms with Crippen LogP contribution in [0.3, 0.4) is 0 Å². The van der Waals surface area contributed by atoms with Crippen LogP contribution in [0.15, 0.2) is 0 Å². The molecular formula is C12H24N2O3S2. The van der Waals surface area contributed by atoms with E-state index in [4.69, 9.17) is 10.6 Å². The molecule has 0 amide bonds. The molecule has 0 aromatic rings. The predicted molar refractivity (Wildman–Crippen MR) is 78.8 cm³/mol. The summed E-state index contributed by atoms with van der Waals surface area (Å²) < 4.78 is 29.0. The summed E-state index contributed by atoms with van der Waals surface area (Å²) in [7, 11) is -3.01. The molecule has 112 valence electrons. The normalized spacial score (nSPS) is 29.3. The fourth-order valence-electron chi connectivity index (χ4n) is 3.15. The van der Waals surface area contributed by atoms with Crippen LogP contribution in [0, 0.1) is 5.92 Å². The van der Waals surface area contributed by atoms with Gasteiger partial charge in [0.05, 0.1) is 11.4 Å². The number of hydrazine groups is 1. The number of hydrogen-bond acceptors (Lipinski definition) is 6. The first kappa shape index (κ1) is 15.6. The van der Waals surface area contributed by atoms with Gasteiger partial charge in [-0.15, -0.1) is 0 Å². The third kappa shape index (κ3) is 4.32. The van der Waals surface area contributed by atoms with Crippen LogP contribution in [-0.2, 0) is 14.6 Å². The van der Waals surface area contributed by atoms with Crippen LogP contribution in [0.4, 0.5) is 0 Å². The van der Waals surface area contributed by atoms with Crippen LogP contribution < -0.4 is 11.3 Å². The van der Waals surface area contributed by atoms with Gasteiger partial charge in [-0.3, -0.25) is 11.3 Å². The summed E-state index contributed by atoms with van der Waals surface area (Å²) in [6.07, 6.45) is 5.23. The smallest absolute Gasteiger partial charge is 0.149 e. The molecule has 0 saturated carbocycles. The first-order valence-electron chi connectivity index (χ1n) is 6.80. The third-order valence-corrected chi connectivity index (χ3v) is 6.15. The summed E-state index contributed by atoms with van der Waals surface area (Å²) in [5.74, 6) is 8.24. The van der Waals surface area contributed by atoms with Gasteiger partial charge < -0.3 is 4.74 Å². The van der Waals surface area contributed by atoms with Gasteiger partial charge in [-0.25, -0.2) is 8.42 Å². The molecule has 0 radical (unpaired) electrons. The largest absolute Gasteiger partial charge is 0.375 e. The third-order valence-electron chi connectivity index (χ3n) is 4.20. The van der Waals surface area contributed by atoms with E-state index in [9.17, 15) is 8.42 Å². The lowest BCUT2D eigenvalue weighted by molar-refractivity contribution is -0.106. The maximum absolute atomic E-state index is 11.5. The highest BCUT2D eigenvalue weighted by atomic mass is 32.2. The van der Waals surface area contributed by atoms with E-state index in [2.05, 4.69) is 5.43 Å². The second kappa shape index (κ2) is 6.30. The Bertz CT molecular complexity index is 388. The standard InChI is InChI=1S/C12H24N2O3S2/c1-19(15,16)9-11(14-13)10-2-5-17-12(8-10)3-6-18-7-4-12/h10-11,14H,2-9,13H2,1H3. The maximum Gasteiger partial charge on any atom is 0.149 e. The molecule has 2 atom stereocenters. The van der Waals surface area contributed by atoms with E-state index < -0.39 is 9.84 Å². The molecule has 2 aliphatic rings. The van der Waals surface area contributed by atoms with Gasteiger partial charge in [0, 0.05) is 18.9 Å². The molecule has 2 aliphatic heterocycles. The fraction of sp³-hybridized carbons (Fsp3) is 1.00. The van der Waals surface area contributed by atoms with E-state index in [1.807, 2.05) is 11.8 Å². The van der Waals surface area contributed by atoms with Crippen molar-refractivity contribution in [2.75, 3.05) is 30.1 Å². The lowest BCUT2D eigenvalue weighted by Gasteiger charge is -2.45. The molecule has 19 heavy (non-hydrogen) atoms.